The average molecular weight is 180 g/mol. The summed E-state index contributed by atoms with van der Waals surface area (Å²) < 4.78 is 0. The first-order valence-electron chi connectivity index (χ1n) is 4.48. The van der Waals surface area contributed by atoms with Gasteiger partial charge in [0.2, 0.25) is 0 Å². The standard InChI is InChI=1S/C10H14N2.H2O/c1-12-7-3-5-10(12)9-4-2-6-11-8-9;/h2,4,6,8,10H,3,5,7H2,1H3;1H2. The van der Waals surface area contributed by atoms with E-state index < -0.39 is 0 Å². The lowest BCUT2D eigenvalue weighted by Crippen LogP contribution is -2.17. The maximum atomic E-state index is 4.14. The normalized spacial score (nSPS) is 22.7. The van der Waals surface area contributed by atoms with Crippen LogP contribution in [0.3, 0.4) is 0 Å². The second kappa shape index (κ2) is 4.35. The molecule has 0 saturated carbocycles. The fourth-order valence-corrected chi connectivity index (χ4v) is 1.90. The lowest BCUT2D eigenvalue weighted by molar-refractivity contribution is 0.317. The molecule has 1 saturated heterocycles. The zero-order valence-corrected chi connectivity index (χ0v) is 7.90. The predicted octanol–water partition coefficient (Wildman–Crippen LogP) is 1.02. The van der Waals surface area contributed by atoms with Gasteiger partial charge in [-0.3, -0.25) is 9.88 Å². The van der Waals surface area contributed by atoms with Crippen LogP contribution in [0, 0.1) is 0 Å². The van der Waals surface area contributed by atoms with Crippen LogP contribution in [0.4, 0.5) is 0 Å². The predicted molar refractivity (Wildman–Crippen MR) is 52.5 cm³/mol. The van der Waals surface area contributed by atoms with E-state index in [-0.39, 0.29) is 5.48 Å². The van der Waals surface area contributed by atoms with Crippen LogP contribution in [0.2, 0.25) is 0 Å². The van der Waals surface area contributed by atoms with Crippen molar-refractivity contribution in [2.45, 2.75) is 18.9 Å². The molecule has 3 heteroatoms. The molecular formula is C10H16N2O. The van der Waals surface area contributed by atoms with Crippen LogP contribution in [0.1, 0.15) is 24.4 Å². The van der Waals surface area contributed by atoms with E-state index in [1.807, 2.05) is 18.5 Å². The van der Waals surface area contributed by atoms with E-state index in [2.05, 4.69) is 23.0 Å². The van der Waals surface area contributed by atoms with Crippen molar-refractivity contribution in [2.24, 2.45) is 0 Å². The minimum Gasteiger partial charge on any atom is -0.412 e. The van der Waals surface area contributed by atoms with E-state index in [1.54, 1.807) is 0 Å². The molecule has 2 heterocycles. The lowest BCUT2D eigenvalue weighted by Gasteiger charge is -2.18. The van der Waals surface area contributed by atoms with Crippen LogP contribution >= 0.6 is 0 Å². The summed E-state index contributed by atoms with van der Waals surface area (Å²) in [6.07, 6.45) is 6.41. The molecule has 13 heavy (non-hydrogen) atoms. The second-order valence-electron chi connectivity index (χ2n) is 3.42. The molecule has 1 unspecified atom stereocenters. The number of rotatable bonds is 1. The largest absolute Gasteiger partial charge is 0.412 e. The molecular weight excluding hydrogens is 164 g/mol. The smallest absolute Gasteiger partial charge is 0.0360 e. The number of pyridine rings is 1. The Hall–Kier alpha value is -0.930. The molecule has 0 spiro atoms. The van der Waals surface area contributed by atoms with Gasteiger partial charge in [0.05, 0.1) is 0 Å². The summed E-state index contributed by atoms with van der Waals surface area (Å²) in [4.78, 5) is 6.54. The molecule has 1 aliphatic rings. The van der Waals surface area contributed by atoms with E-state index in [9.17, 15) is 0 Å². The van der Waals surface area contributed by atoms with Crippen molar-refractivity contribution in [3.8, 4) is 0 Å². The monoisotopic (exact) mass is 180 g/mol. The summed E-state index contributed by atoms with van der Waals surface area (Å²) in [5.41, 5.74) is 1.36. The third-order valence-electron chi connectivity index (χ3n) is 2.59. The number of aromatic nitrogens is 1. The maximum absolute atomic E-state index is 4.14. The number of hydrogen-bond acceptors (Lipinski definition) is 2. The minimum atomic E-state index is 0. The van der Waals surface area contributed by atoms with Gasteiger partial charge in [-0.2, -0.15) is 0 Å². The van der Waals surface area contributed by atoms with Crippen molar-refractivity contribution in [3.63, 3.8) is 0 Å². The number of likely N-dealkylation sites (tertiary alicyclic amines) is 1. The van der Waals surface area contributed by atoms with Gasteiger partial charge in [-0.15, -0.1) is 0 Å². The van der Waals surface area contributed by atoms with Crippen molar-refractivity contribution in [1.82, 2.24) is 9.88 Å². The van der Waals surface area contributed by atoms with E-state index in [0.29, 0.717) is 6.04 Å². The lowest BCUT2D eigenvalue weighted by atomic mass is 10.1. The molecule has 0 radical (unpaired) electrons. The highest BCUT2D eigenvalue weighted by Gasteiger charge is 2.21. The Kier molecular flexibility index (Phi) is 3.39. The van der Waals surface area contributed by atoms with Crippen LogP contribution in [0.25, 0.3) is 0 Å². The molecule has 1 fully saturated rings. The third kappa shape index (κ3) is 2.05. The highest BCUT2D eigenvalue weighted by atomic mass is 16.0. The summed E-state index contributed by atoms with van der Waals surface area (Å²) in [6.45, 7) is 1.22. The summed E-state index contributed by atoms with van der Waals surface area (Å²) in [5.74, 6) is 0. The molecule has 72 valence electrons. The summed E-state index contributed by atoms with van der Waals surface area (Å²) >= 11 is 0. The van der Waals surface area contributed by atoms with Crippen molar-refractivity contribution >= 4 is 0 Å². The number of hydrogen-bond donors (Lipinski definition) is 0. The highest BCUT2D eigenvalue weighted by Crippen LogP contribution is 2.29. The Morgan fingerprint density at radius 1 is 1.54 bits per heavy atom. The van der Waals surface area contributed by atoms with Crippen molar-refractivity contribution in [2.75, 3.05) is 13.6 Å². The van der Waals surface area contributed by atoms with Gasteiger partial charge in [-0.25, -0.2) is 0 Å². The maximum Gasteiger partial charge on any atom is 0.0360 e. The molecule has 3 nitrogen and oxygen atoms in total. The van der Waals surface area contributed by atoms with Gasteiger partial charge in [0, 0.05) is 18.4 Å². The van der Waals surface area contributed by atoms with Crippen molar-refractivity contribution in [1.29, 1.82) is 0 Å². The van der Waals surface area contributed by atoms with E-state index in [1.165, 1.54) is 24.9 Å². The molecule has 1 aliphatic heterocycles. The molecule has 0 bridgehead atoms. The second-order valence-corrected chi connectivity index (χ2v) is 3.42. The van der Waals surface area contributed by atoms with Gasteiger partial charge in [0.25, 0.3) is 0 Å². The Bertz CT molecular complexity index is 250. The third-order valence-corrected chi connectivity index (χ3v) is 2.59. The molecule has 0 amide bonds. The molecule has 1 aromatic heterocycles. The van der Waals surface area contributed by atoms with Gasteiger partial charge in [0.1, 0.15) is 0 Å². The first-order chi connectivity index (χ1) is 5.88. The number of nitrogens with zero attached hydrogens (tertiary/aromatic N) is 2. The summed E-state index contributed by atoms with van der Waals surface area (Å²) in [5, 5.41) is 0. The summed E-state index contributed by atoms with van der Waals surface area (Å²) in [6, 6.07) is 4.79. The van der Waals surface area contributed by atoms with Crippen LogP contribution in [0.15, 0.2) is 24.5 Å². The first-order valence-corrected chi connectivity index (χ1v) is 4.48. The Morgan fingerprint density at radius 3 is 2.92 bits per heavy atom. The van der Waals surface area contributed by atoms with Crippen LogP contribution in [-0.4, -0.2) is 29.0 Å². The van der Waals surface area contributed by atoms with E-state index in [4.69, 9.17) is 0 Å². The van der Waals surface area contributed by atoms with Crippen LogP contribution < -0.4 is 0 Å². The zero-order valence-electron chi connectivity index (χ0n) is 7.90. The molecule has 1 atom stereocenters. The molecule has 2 N–H and O–H groups in total. The van der Waals surface area contributed by atoms with Gasteiger partial charge >= 0.3 is 0 Å². The Balaban J connectivity index is 0.000000845. The topological polar surface area (TPSA) is 47.6 Å². The first kappa shape index (κ1) is 10.2. The molecule has 0 aliphatic carbocycles. The zero-order chi connectivity index (χ0) is 8.39. The molecule has 2 rings (SSSR count). The van der Waals surface area contributed by atoms with Gasteiger partial charge in [0.15, 0.2) is 0 Å². The van der Waals surface area contributed by atoms with E-state index >= 15 is 0 Å². The average Bonchev–Trinajstić information content (AvgIpc) is 2.53. The van der Waals surface area contributed by atoms with Gasteiger partial charge in [-0.05, 0) is 38.1 Å². The molecule has 0 aromatic carbocycles. The van der Waals surface area contributed by atoms with E-state index in [0.717, 1.165) is 0 Å². The SMILES string of the molecule is CN1CCCC1c1cccnc1.O. The Morgan fingerprint density at radius 2 is 2.38 bits per heavy atom. The minimum absolute atomic E-state index is 0. The van der Waals surface area contributed by atoms with Crippen molar-refractivity contribution in [3.05, 3.63) is 30.1 Å². The van der Waals surface area contributed by atoms with Crippen molar-refractivity contribution < 1.29 is 5.48 Å². The van der Waals surface area contributed by atoms with Crippen LogP contribution in [0.5, 0.6) is 0 Å². The van der Waals surface area contributed by atoms with Gasteiger partial charge in [-0.1, -0.05) is 6.07 Å². The Labute approximate surface area is 78.7 Å². The van der Waals surface area contributed by atoms with Crippen LogP contribution in [-0.2, 0) is 0 Å². The fourth-order valence-electron chi connectivity index (χ4n) is 1.90. The molecule has 1 aromatic rings. The summed E-state index contributed by atoms with van der Waals surface area (Å²) in [7, 11) is 2.19. The highest BCUT2D eigenvalue weighted by molar-refractivity contribution is 5.14. The van der Waals surface area contributed by atoms with Gasteiger partial charge < -0.3 is 5.48 Å². The quantitative estimate of drug-likeness (QED) is 0.648. The fraction of sp³-hybridized carbons (Fsp3) is 0.500.